The highest BCUT2D eigenvalue weighted by atomic mass is 32.1. The van der Waals surface area contributed by atoms with E-state index in [1.54, 1.807) is 17.4 Å². The van der Waals surface area contributed by atoms with Crippen molar-refractivity contribution < 1.29 is 22.8 Å². The molecule has 0 bridgehead atoms. The van der Waals surface area contributed by atoms with E-state index in [1.807, 2.05) is 35.1 Å². The van der Waals surface area contributed by atoms with Crippen LogP contribution in [0.15, 0.2) is 51.8 Å². The van der Waals surface area contributed by atoms with Gasteiger partial charge in [-0.3, -0.25) is 9.59 Å². The van der Waals surface area contributed by atoms with Gasteiger partial charge in [0.1, 0.15) is 5.76 Å². The van der Waals surface area contributed by atoms with Crippen molar-refractivity contribution in [1.29, 1.82) is 0 Å². The van der Waals surface area contributed by atoms with E-state index in [4.69, 9.17) is 4.42 Å². The van der Waals surface area contributed by atoms with Gasteiger partial charge in [0.05, 0.1) is 16.0 Å². The maximum absolute atomic E-state index is 13.5. The Morgan fingerprint density at radius 3 is 2.34 bits per heavy atom. The molecule has 5 rings (SSSR count). The number of allylic oxidation sites excluding steroid dienone is 1. The van der Waals surface area contributed by atoms with Gasteiger partial charge in [-0.25, -0.2) is 8.78 Å². The fourth-order valence-electron chi connectivity index (χ4n) is 3.67. The Morgan fingerprint density at radius 2 is 1.76 bits per heavy atom. The van der Waals surface area contributed by atoms with Crippen molar-refractivity contribution in [1.82, 2.24) is 4.57 Å². The molecule has 0 atom stereocenters. The smallest absolute Gasteiger partial charge is 0.197 e. The second-order valence-electron chi connectivity index (χ2n) is 6.68. The molecule has 7 heteroatoms. The summed E-state index contributed by atoms with van der Waals surface area (Å²) in [5.41, 5.74) is 1.75. The molecule has 1 aliphatic carbocycles. The topological polar surface area (TPSA) is 52.2 Å². The Morgan fingerprint density at radius 1 is 1.07 bits per heavy atom. The highest BCUT2D eigenvalue weighted by Gasteiger charge is 2.35. The monoisotopic (exact) mass is 409 g/mol. The Balaban J connectivity index is 1.61. The summed E-state index contributed by atoms with van der Waals surface area (Å²) >= 11 is 1.57. The molecule has 0 unspecified atom stereocenters. The number of aromatic nitrogens is 1. The van der Waals surface area contributed by atoms with E-state index >= 15 is 0 Å². The van der Waals surface area contributed by atoms with E-state index < -0.39 is 23.2 Å². The largest absolute Gasteiger partial charge is 0.454 e. The molecule has 4 aromatic rings. The van der Waals surface area contributed by atoms with Gasteiger partial charge in [0.15, 0.2) is 28.8 Å². The number of furan rings is 1. The summed E-state index contributed by atoms with van der Waals surface area (Å²) in [5.74, 6) is -2.77. The minimum absolute atomic E-state index is 0.113. The lowest BCUT2D eigenvalue weighted by molar-refractivity contribution is 0.0990. The molecule has 0 N–H and O–H groups in total. The fraction of sp³-hybridized carbons (Fsp3) is 0.0909. The Bertz CT molecular complexity index is 1300. The average Bonchev–Trinajstić information content (AvgIpc) is 3.44. The molecular weight excluding hydrogens is 396 g/mol. The first-order valence-electron chi connectivity index (χ1n) is 8.95. The van der Waals surface area contributed by atoms with Gasteiger partial charge in [0, 0.05) is 35.5 Å². The number of ketones is 2. The first kappa shape index (κ1) is 17.8. The zero-order valence-corrected chi connectivity index (χ0v) is 16.0. The first-order chi connectivity index (χ1) is 14.0. The lowest BCUT2D eigenvalue weighted by Crippen LogP contribution is -2.03. The van der Waals surface area contributed by atoms with Crippen molar-refractivity contribution in [2.24, 2.45) is 0 Å². The van der Waals surface area contributed by atoms with Gasteiger partial charge >= 0.3 is 0 Å². The number of hydrogen-bond donors (Lipinski definition) is 0. The van der Waals surface area contributed by atoms with Crippen LogP contribution in [0.1, 0.15) is 33.3 Å². The van der Waals surface area contributed by atoms with Gasteiger partial charge in [0.25, 0.3) is 0 Å². The van der Waals surface area contributed by atoms with Crippen molar-refractivity contribution in [3.05, 3.63) is 75.8 Å². The van der Waals surface area contributed by atoms with Gasteiger partial charge < -0.3 is 8.98 Å². The van der Waals surface area contributed by atoms with Crippen LogP contribution in [0.4, 0.5) is 8.78 Å². The molecule has 144 valence electrons. The number of aryl methyl sites for hydroxylation is 1. The Hall–Kier alpha value is -3.32. The molecule has 0 saturated heterocycles. The minimum Gasteiger partial charge on any atom is -0.454 e. The quantitative estimate of drug-likeness (QED) is 0.321. The van der Waals surface area contributed by atoms with Gasteiger partial charge in [-0.2, -0.15) is 0 Å². The van der Waals surface area contributed by atoms with Gasteiger partial charge in [0.2, 0.25) is 0 Å². The number of nitrogens with zero attached hydrogens (tertiary/aromatic N) is 1. The number of Topliss-reactive ketones (excluding diaryl/α,β-unsaturated/α-hetero) is 2. The number of benzene rings is 1. The number of carbonyl (C=O) groups is 2. The van der Waals surface area contributed by atoms with Crippen LogP contribution in [0, 0.1) is 11.6 Å². The third kappa shape index (κ3) is 2.61. The van der Waals surface area contributed by atoms with Crippen LogP contribution in [0.25, 0.3) is 27.8 Å². The van der Waals surface area contributed by atoms with Crippen LogP contribution in [-0.2, 0) is 6.54 Å². The zero-order valence-electron chi connectivity index (χ0n) is 15.2. The molecular formula is C22H13F2NO3S. The predicted octanol–water partition coefficient (Wildman–Crippen LogP) is 5.72. The lowest BCUT2D eigenvalue weighted by atomic mass is 10.1. The molecule has 1 aliphatic rings. The molecule has 1 aromatic carbocycles. The van der Waals surface area contributed by atoms with Crippen molar-refractivity contribution in [3.63, 3.8) is 0 Å². The standard InChI is InChI=1S/C22H13F2NO3S/c1-2-25-11(7-18-17(25)10-19(28-18)20-4-3-5-29-20)6-14-21(26)12-8-15(23)16(24)9-13(12)22(14)27/h3-10H,2H2,1H3. The molecule has 0 spiro atoms. The van der Waals surface area contributed by atoms with Gasteiger partial charge in [-0.15, -0.1) is 11.3 Å². The van der Waals surface area contributed by atoms with Crippen molar-refractivity contribution in [2.75, 3.05) is 0 Å². The molecule has 0 radical (unpaired) electrons. The zero-order chi connectivity index (χ0) is 20.3. The number of thiophene rings is 1. The number of rotatable bonds is 3. The second kappa shape index (κ2) is 6.35. The van der Waals surface area contributed by atoms with Crippen LogP contribution in [0.2, 0.25) is 0 Å². The second-order valence-corrected chi connectivity index (χ2v) is 7.63. The van der Waals surface area contributed by atoms with Crippen LogP contribution in [-0.4, -0.2) is 16.1 Å². The Kier molecular flexibility index (Phi) is 3.89. The van der Waals surface area contributed by atoms with Crippen molar-refractivity contribution in [3.8, 4) is 10.6 Å². The van der Waals surface area contributed by atoms with Gasteiger partial charge in [-0.05, 0) is 36.6 Å². The van der Waals surface area contributed by atoms with Gasteiger partial charge in [-0.1, -0.05) is 6.07 Å². The lowest BCUT2D eigenvalue weighted by Gasteiger charge is -2.03. The molecule has 0 aliphatic heterocycles. The number of halogens is 2. The molecule has 0 amide bonds. The normalized spacial score (nSPS) is 13.6. The van der Waals surface area contributed by atoms with Crippen molar-refractivity contribution in [2.45, 2.75) is 13.5 Å². The van der Waals surface area contributed by atoms with E-state index in [9.17, 15) is 18.4 Å². The summed E-state index contributed by atoms with van der Waals surface area (Å²) in [4.78, 5) is 26.3. The summed E-state index contributed by atoms with van der Waals surface area (Å²) < 4.78 is 34.9. The molecule has 3 heterocycles. The molecule has 4 nitrogen and oxygen atoms in total. The number of fused-ring (bicyclic) bond motifs is 2. The highest BCUT2D eigenvalue weighted by molar-refractivity contribution is 7.13. The third-order valence-electron chi connectivity index (χ3n) is 5.03. The number of hydrogen-bond acceptors (Lipinski definition) is 4. The summed E-state index contributed by atoms with van der Waals surface area (Å²) in [6.07, 6.45) is 1.46. The predicted molar refractivity (Wildman–Crippen MR) is 106 cm³/mol. The SMILES string of the molecule is CCn1c(C=C2C(=O)c3cc(F)c(F)cc3C2=O)cc2oc(-c3cccs3)cc21. The fourth-order valence-corrected chi connectivity index (χ4v) is 4.35. The summed E-state index contributed by atoms with van der Waals surface area (Å²) in [5, 5.41) is 1.97. The van der Waals surface area contributed by atoms with Crippen molar-refractivity contribution >= 4 is 40.1 Å². The molecule has 29 heavy (non-hydrogen) atoms. The Labute approximate surface area is 167 Å². The average molecular weight is 409 g/mol. The van der Waals surface area contributed by atoms with Crippen LogP contribution < -0.4 is 0 Å². The molecule has 0 saturated carbocycles. The minimum atomic E-state index is -1.15. The van der Waals surface area contributed by atoms with E-state index in [0.717, 1.165) is 28.3 Å². The maximum Gasteiger partial charge on any atom is 0.197 e. The maximum atomic E-state index is 13.5. The van der Waals surface area contributed by atoms with E-state index in [2.05, 4.69) is 0 Å². The summed E-state index contributed by atoms with van der Waals surface area (Å²) in [7, 11) is 0. The molecule has 0 fully saturated rings. The third-order valence-corrected chi connectivity index (χ3v) is 5.92. The van der Waals surface area contributed by atoms with E-state index in [0.29, 0.717) is 17.8 Å². The number of carbonyl (C=O) groups excluding carboxylic acids is 2. The highest BCUT2D eigenvalue weighted by Crippen LogP contribution is 2.35. The van der Waals surface area contributed by atoms with Crippen LogP contribution in [0.3, 0.4) is 0 Å². The van der Waals surface area contributed by atoms with E-state index in [-0.39, 0.29) is 16.7 Å². The first-order valence-corrected chi connectivity index (χ1v) is 9.83. The molecule has 3 aromatic heterocycles. The van der Waals surface area contributed by atoms with Crippen LogP contribution in [0.5, 0.6) is 0 Å². The van der Waals surface area contributed by atoms with Crippen LogP contribution >= 0.6 is 11.3 Å². The van der Waals surface area contributed by atoms with E-state index in [1.165, 1.54) is 6.08 Å². The summed E-state index contributed by atoms with van der Waals surface area (Å²) in [6.45, 7) is 2.53. The summed E-state index contributed by atoms with van der Waals surface area (Å²) in [6, 6.07) is 9.15.